The highest BCUT2D eigenvalue weighted by Gasteiger charge is 2.34. The minimum atomic E-state index is -0.185. The molecular formula is C22H28N6O3. The van der Waals surface area contributed by atoms with E-state index in [1.54, 1.807) is 0 Å². The largest absolute Gasteiger partial charge is 0.393 e. The molecule has 0 bridgehead atoms. The smallest absolute Gasteiger partial charge is 0.241 e. The first kappa shape index (κ1) is 19.2. The molecule has 3 fully saturated rings. The van der Waals surface area contributed by atoms with Crippen molar-refractivity contribution in [3.8, 4) is 11.1 Å². The zero-order valence-corrected chi connectivity index (χ0v) is 17.7. The lowest BCUT2D eigenvalue weighted by Gasteiger charge is -2.38. The van der Waals surface area contributed by atoms with Crippen LogP contribution in [0.3, 0.4) is 0 Å². The molecule has 0 spiro atoms. The van der Waals surface area contributed by atoms with Gasteiger partial charge in [0.15, 0.2) is 0 Å². The zero-order valence-electron chi connectivity index (χ0n) is 17.7. The maximum absolute atomic E-state index is 9.98. The highest BCUT2D eigenvalue weighted by Crippen LogP contribution is 2.38. The van der Waals surface area contributed by atoms with Crippen LogP contribution in [0.15, 0.2) is 24.7 Å². The summed E-state index contributed by atoms with van der Waals surface area (Å²) in [4.78, 5) is 4.61. The first-order valence-corrected chi connectivity index (χ1v) is 11.1. The van der Waals surface area contributed by atoms with Gasteiger partial charge >= 0.3 is 0 Å². The third kappa shape index (κ3) is 3.40. The Morgan fingerprint density at radius 2 is 1.94 bits per heavy atom. The van der Waals surface area contributed by atoms with Crippen molar-refractivity contribution in [1.29, 1.82) is 0 Å². The molecule has 1 aliphatic carbocycles. The topological polar surface area (TPSA) is 98.7 Å². The SMILES string of the molecule is CC1(Nc2ncc3c(-c4cnn(C5COC5)c4)cc([C@H]4CC[C@H](O)CC4)n3n2)COC1. The van der Waals surface area contributed by atoms with E-state index in [0.717, 1.165) is 42.3 Å². The molecule has 1 saturated carbocycles. The van der Waals surface area contributed by atoms with Crippen LogP contribution in [0, 0.1) is 0 Å². The van der Waals surface area contributed by atoms with Crippen LogP contribution in [-0.2, 0) is 9.47 Å². The molecular weight excluding hydrogens is 396 g/mol. The van der Waals surface area contributed by atoms with Gasteiger partial charge in [-0.05, 0) is 38.7 Å². The van der Waals surface area contributed by atoms with Crippen LogP contribution >= 0.6 is 0 Å². The second-order valence-corrected chi connectivity index (χ2v) is 9.45. The van der Waals surface area contributed by atoms with Crippen molar-refractivity contribution in [3.63, 3.8) is 0 Å². The number of aromatic nitrogens is 5. The molecule has 164 valence electrons. The normalized spacial score (nSPS) is 25.9. The number of nitrogens with one attached hydrogen (secondary N) is 1. The molecule has 9 heteroatoms. The van der Waals surface area contributed by atoms with Gasteiger partial charge in [-0.15, -0.1) is 5.10 Å². The van der Waals surface area contributed by atoms with Crippen LogP contribution in [-0.4, -0.2) is 67.6 Å². The summed E-state index contributed by atoms with van der Waals surface area (Å²) in [5, 5.41) is 22.9. The van der Waals surface area contributed by atoms with Crippen molar-refractivity contribution < 1.29 is 14.6 Å². The number of rotatable bonds is 5. The first-order chi connectivity index (χ1) is 15.1. The van der Waals surface area contributed by atoms with Crippen molar-refractivity contribution in [2.45, 2.75) is 56.2 Å². The van der Waals surface area contributed by atoms with Gasteiger partial charge in [-0.25, -0.2) is 9.50 Å². The molecule has 0 amide bonds. The van der Waals surface area contributed by atoms with E-state index in [9.17, 15) is 5.11 Å². The van der Waals surface area contributed by atoms with E-state index in [1.165, 1.54) is 5.69 Å². The van der Waals surface area contributed by atoms with Gasteiger partial charge in [-0.1, -0.05) is 0 Å². The highest BCUT2D eigenvalue weighted by molar-refractivity contribution is 5.81. The van der Waals surface area contributed by atoms with Crippen molar-refractivity contribution in [1.82, 2.24) is 24.4 Å². The summed E-state index contributed by atoms with van der Waals surface area (Å²) in [6.45, 7) is 4.86. The lowest BCUT2D eigenvalue weighted by atomic mass is 9.85. The number of fused-ring (bicyclic) bond motifs is 1. The van der Waals surface area contributed by atoms with Crippen LogP contribution in [0.2, 0.25) is 0 Å². The summed E-state index contributed by atoms with van der Waals surface area (Å²) in [7, 11) is 0. The van der Waals surface area contributed by atoms with Crippen molar-refractivity contribution >= 4 is 11.5 Å². The maximum Gasteiger partial charge on any atom is 0.241 e. The molecule has 2 aliphatic heterocycles. The zero-order chi connectivity index (χ0) is 21.0. The van der Waals surface area contributed by atoms with Crippen molar-refractivity contribution in [3.05, 3.63) is 30.4 Å². The van der Waals surface area contributed by atoms with Gasteiger partial charge in [0, 0.05) is 28.9 Å². The van der Waals surface area contributed by atoms with Gasteiger partial charge in [-0.3, -0.25) is 4.68 Å². The molecule has 3 aliphatic rings. The fourth-order valence-corrected chi connectivity index (χ4v) is 4.77. The third-order valence-electron chi connectivity index (χ3n) is 6.82. The van der Waals surface area contributed by atoms with E-state index in [4.69, 9.17) is 14.6 Å². The molecule has 0 atom stereocenters. The number of anilines is 1. The molecule has 0 radical (unpaired) electrons. The Morgan fingerprint density at radius 3 is 2.61 bits per heavy atom. The molecule has 3 aromatic rings. The number of hydrogen-bond donors (Lipinski definition) is 2. The number of ether oxygens (including phenoxy) is 2. The number of aliphatic hydroxyl groups excluding tert-OH is 1. The summed E-state index contributed by atoms with van der Waals surface area (Å²) >= 11 is 0. The molecule has 0 unspecified atom stereocenters. The van der Waals surface area contributed by atoms with Gasteiger partial charge in [-0.2, -0.15) is 5.10 Å². The predicted octanol–water partition coefficient (Wildman–Crippen LogP) is 2.38. The minimum Gasteiger partial charge on any atom is -0.393 e. The van der Waals surface area contributed by atoms with Gasteiger partial charge < -0.3 is 19.9 Å². The van der Waals surface area contributed by atoms with Crippen LogP contribution in [0.25, 0.3) is 16.6 Å². The van der Waals surface area contributed by atoms with Gasteiger partial charge in [0.25, 0.3) is 0 Å². The van der Waals surface area contributed by atoms with Gasteiger partial charge in [0.1, 0.15) is 0 Å². The summed E-state index contributed by atoms with van der Waals surface area (Å²) < 4.78 is 14.7. The lowest BCUT2D eigenvalue weighted by Crippen LogP contribution is -2.53. The number of nitrogens with zero attached hydrogens (tertiary/aromatic N) is 5. The summed E-state index contributed by atoms with van der Waals surface area (Å²) in [5.74, 6) is 0.977. The summed E-state index contributed by atoms with van der Waals surface area (Å²) in [6, 6.07) is 2.56. The van der Waals surface area contributed by atoms with E-state index in [-0.39, 0.29) is 11.6 Å². The average Bonchev–Trinajstić information content (AvgIpc) is 3.31. The maximum atomic E-state index is 9.98. The van der Waals surface area contributed by atoms with E-state index in [0.29, 0.717) is 44.3 Å². The van der Waals surface area contributed by atoms with Crippen LogP contribution in [0.4, 0.5) is 5.95 Å². The van der Waals surface area contributed by atoms with Gasteiger partial charge in [0.05, 0.1) is 62.0 Å². The molecule has 3 aromatic heterocycles. The van der Waals surface area contributed by atoms with E-state index >= 15 is 0 Å². The number of hydrogen-bond acceptors (Lipinski definition) is 7. The van der Waals surface area contributed by atoms with E-state index < -0.39 is 0 Å². The average molecular weight is 425 g/mol. The third-order valence-corrected chi connectivity index (χ3v) is 6.82. The van der Waals surface area contributed by atoms with Crippen LogP contribution in [0.1, 0.15) is 50.3 Å². The molecule has 0 aromatic carbocycles. The van der Waals surface area contributed by atoms with Crippen molar-refractivity contribution in [2.75, 3.05) is 31.7 Å². The fourth-order valence-electron chi connectivity index (χ4n) is 4.77. The molecule has 9 nitrogen and oxygen atoms in total. The monoisotopic (exact) mass is 424 g/mol. The fraction of sp³-hybridized carbons (Fsp3) is 0.591. The standard InChI is InChI=1S/C22H28N6O3/c1-22(12-31-13-22)25-21-23-8-20-18(15-7-24-27(9-15)16-10-30-11-16)6-19(28(20)26-21)14-2-4-17(29)5-3-14/h6-9,14,16-17,29H,2-5,10-13H2,1H3,(H,25,26)/t14-,17-. The second kappa shape index (κ2) is 7.29. The number of aliphatic hydroxyl groups is 1. The second-order valence-electron chi connectivity index (χ2n) is 9.45. The Kier molecular flexibility index (Phi) is 4.52. The molecule has 6 rings (SSSR count). The Morgan fingerprint density at radius 1 is 1.13 bits per heavy atom. The van der Waals surface area contributed by atoms with Crippen molar-refractivity contribution in [2.24, 2.45) is 0 Å². The van der Waals surface area contributed by atoms with Crippen LogP contribution < -0.4 is 5.32 Å². The Hall–Kier alpha value is -2.49. The molecule has 2 N–H and O–H groups in total. The highest BCUT2D eigenvalue weighted by atomic mass is 16.5. The summed E-state index contributed by atoms with van der Waals surface area (Å²) in [5.41, 5.74) is 4.20. The Balaban J connectivity index is 1.40. The quantitative estimate of drug-likeness (QED) is 0.649. The van der Waals surface area contributed by atoms with E-state index in [2.05, 4.69) is 34.6 Å². The molecule has 2 saturated heterocycles. The van der Waals surface area contributed by atoms with Gasteiger partial charge in [0.2, 0.25) is 5.95 Å². The summed E-state index contributed by atoms with van der Waals surface area (Å²) in [6.07, 6.45) is 9.31. The predicted molar refractivity (Wildman–Crippen MR) is 114 cm³/mol. The van der Waals surface area contributed by atoms with Crippen LogP contribution in [0.5, 0.6) is 0 Å². The molecule has 5 heterocycles. The van der Waals surface area contributed by atoms with E-state index in [1.807, 2.05) is 21.6 Å². The first-order valence-electron chi connectivity index (χ1n) is 11.1. The molecule has 31 heavy (non-hydrogen) atoms. The Labute approximate surface area is 180 Å². The minimum absolute atomic E-state index is 0.120. The lowest BCUT2D eigenvalue weighted by molar-refractivity contribution is -0.0322. The Bertz CT molecular complexity index is 1090.